The Hall–Kier alpha value is -1.91. The van der Waals surface area contributed by atoms with E-state index in [4.69, 9.17) is 10.2 Å². The summed E-state index contributed by atoms with van der Waals surface area (Å²) in [6.45, 7) is 0. The molecular weight excluding hydrogens is 215 g/mol. The third kappa shape index (κ3) is 3.34. The number of carboxylic acid groups (broad SMARTS) is 2. The SMILES string of the molecule is O=C(O)CC(Cc1ccccc1F)C(=O)O. The van der Waals surface area contributed by atoms with E-state index in [0.29, 0.717) is 0 Å². The Morgan fingerprint density at radius 2 is 1.88 bits per heavy atom. The van der Waals surface area contributed by atoms with Gasteiger partial charge in [-0.05, 0) is 18.1 Å². The summed E-state index contributed by atoms with van der Waals surface area (Å²) in [5.41, 5.74) is 0.219. The molecule has 0 fully saturated rings. The minimum Gasteiger partial charge on any atom is -0.481 e. The Morgan fingerprint density at radius 3 is 2.38 bits per heavy atom. The second-order valence-corrected chi connectivity index (χ2v) is 3.43. The van der Waals surface area contributed by atoms with E-state index >= 15 is 0 Å². The first-order valence-corrected chi connectivity index (χ1v) is 4.68. The monoisotopic (exact) mass is 226 g/mol. The van der Waals surface area contributed by atoms with Crippen LogP contribution in [0.3, 0.4) is 0 Å². The smallest absolute Gasteiger partial charge is 0.307 e. The Kier molecular flexibility index (Phi) is 3.99. The van der Waals surface area contributed by atoms with Crippen molar-refractivity contribution in [3.8, 4) is 0 Å². The largest absolute Gasteiger partial charge is 0.481 e. The highest BCUT2D eigenvalue weighted by atomic mass is 19.1. The molecule has 16 heavy (non-hydrogen) atoms. The van der Waals surface area contributed by atoms with Crippen LogP contribution < -0.4 is 0 Å². The van der Waals surface area contributed by atoms with Gasteiger partial charge in [0.2, 0.25) is 0 Å². The molecule has 0 amide bonds. The van der Waals surface area contributed by atoms with Crippen LogP contribution in [0, 0.1) is 11.7 Å². The van der Waals surface area contributed by atoms with Crippen molar-refractivity contribution >= 4 is 11.9 Å². The average Bonchev–Trinajstić information content (AvgIpc) is 2.19. The van der Waals surface area contributed by atoms with Crippen molar-refractivity contribution in [2.75, 3.05) is 0 Å². The zero-order valence-corrected chi connectivity index (χ0v) is 8.39. The average molecular weight is 226 g/mol. The van der Waals surface area contributed by atoms with Gasteiger partial charge in [0, 0.05) is 0 Å². The van der Waals surface area contributed by atoms with Crippen molar-refractivity contribution in [2.24, 2.45) is 5.92 Å². The first-order chi connectivity index (χ1) is 7.50. The Labute approximate surface area is 91.3 Å². The van der Waals surface area contributed by atoms with Gasteiger partial charge in [-0.25, -0.2) is 4.39 Å². The molecule has 1 aromatic carbocycles. The first-order valence-electron chi connectivity index (χ1n) is 4.68. The molecule has 0 bridgehead atoms. The van der Waals surface area contributed by atoms with Crippen molar-refractivity contribution < 1.29 is 24.2 Å². The van der Waals surface area contributed by atoms with Crippen LogP contribution in [-0.4, -0.2) is 22.2 Å². The van der Waals surface area contributed by atoms with E-state index in [1.807, 2.05) is 0 Å². The zero-order valence-electron chi connectivity index (χ0n) is 8.39. The van der Waals surface area contributed by atoms with Gasteiger partial charge >= 0.3 is 11.9 Å². The maximum atomic E-state index is 13.2. The molecule has 1 unspecified atom stereocenters. The van der Waals surface area contributed by atoms with Crippen LogP contribution in [-0.2, 0) is 16.0 Å². The molecule has 0 radical (unpaired) electrons. The van der Waals surface area contributed by atoms with Gasteiger partial charge < -0.3 is 10.2 Å². The predicted molar refractivity (Wildman–Crippen MR) is 53.5 cm³/mol. The molecule has 0 heterocycles. The van der Waals surface area contributed by atoms with Crippen LogP contribution >= 0.6 is 0 Å². The predicted octanol–water partition coefficient (Wildman–Crippen LogP) is 1.54. The normalized spacial score (nSPS) is 12.1. The van der Waals surface area contributed by atoms with Gasteiger partial charge in [-0.15, -0.1) is 0 Å². The van der Waals surface area contributed by atoms with Crippen LogP contribution in [0.5, 0.6) is 0 Å². The van der Waals surface area contributed by atoms with Crippen LogP contribution in [0.1, 0.15) is 12.0 Å². The molecule has 4 nitrogen and oxygen atoms in total. The minimum absolute atomic E-state index is 0.117. The fourth-order valence-electron chi connectivity index (χ4n) is 1.39. The fourth-order valence-corrected chi connectivity index (χ4v) is 1.39. The second-order valence-electron chi connectivity index (χ2n) is 3.43. The highest BCUT2D eigenvalue weighted by molar-refractivity contribution is 5.78. The number of carbonyl (C=O) groups is 2. The summed E-state index contributed by atoms with van der Waals surface area (Å²) in [4.78, 5) is 21.2. The van der Waals surface area contributed by atoms with Crippen LogP contribution in [0.4, 0.5) is 4.39 Å². The molecule has 0 aromatic heterocycles. The van der Waals surface area contributed by atoms with E-state index in [1.54, 1.807) is 6.07 Å². The summed E-state index contributed by atoms with van der Waals surface area (Å²) in [5, 5.41) is 17.3. The third-order valence-corrected chi connectivity index (χ3v) is 2.19. The van der Waals surface area contributed by atoms with Crippen molar-refractivity contribution in [1.82, 2.24) is 0 Å². The molecule has 1 rings (SSSR count). The topological polar surface area (TPSA) is 74.6 Å². The third-order valence-electron chi connectivity index (χ3n) is 2.19. The van der Waals surface area contributed by atoms with E-state index in [2.05, 4.69) is 0 Å². The number of rotatable bonds is 5. The lowest BCUT2D eigenvalue weighted by Gasteiger charge is -2.10. The lowest BCUT2D eigenvalue weighted by molar-refractivity contribution is -0.148. The molecule has 0 aliphatic heterocycles. The summed E-state index contributed by atoms with van der Waals surface area (Å²) in [6, 6.07) is 5.74. The van der Waals surface area contributed by atoms with Gasteiger partial charge in [0.1, 0.15) is 5.82 Å². The van der Waals surface area contributed by atoms with E-state index in [0.717, 1.165) is 0 Å². The summed E-state index contributed by atoms with van der Waals surface area (Å²) in [7, 11) is 0. The maximum absolute atomic E-state index is 13.2. The summed E-state index contributed by atoms with van der Waals surface area (Å²) < 4.78 is 13.2. The van der Waals surface area contributed by atoms with Gasteiger partial charge in [-0.3, -0.25) is 9.59 Å². The second kappa shape index (κ2) is 5.25. The number of benzene rings is 1. The summed E-state index contributed by atoms with van der Waals surface area (Å²) in [6.07, 6.45) is -0.627. The van der Waals surface area contributed by atoms with Crippen LogP contribution in [0.2, 0.25) is 0 Å². The molecule has 1 aromatic rings. The molecule has 0 saturated heterocycles. The van der Waals surface area contributed by atoms with Crippen molar-refractivity contribution in [1.29, 1.82) is 0 Å². The van der Waals surface area contributed by atoms with Crippen molar-refractivity contribution in [2.45, 2.75) is 12.8 Å². The summed E-state index contributed by atoms with van der Waals surface area (Å²) in [5.74, 6) is -4.05. The van der Waals surface area contributed by atoms with Crippen molar-refractivity contribution in [3.63, 3.8) is 0 Å². The van der Waals surface area contributed by atoms with Crippen LogP contribution in [0.25, 0.3) is 0 Å². The Bertz CT molecular complexity index is 403. The molecular formula is C11H11FO4. The number of aliphatic carboxylic acids is 2. The standard InChI is InChI=1S/C11H11FO4/c12-9-4-2-1-3-7(9)5-8(11(15)16)6-10(13)14/h1-4,8H,5-6H2,(H,13,14)(H,15,16). The number of hydrogen-bond acceptors (Lipinski definition) is 2. The van der Waals surface area contributed by atoms with Gasteiger partial charge in [-0.2, -0.15) is 0 Å². The quantitative estimate of drug-likeness (QED) is 0.798. The van der Waals surface area contributed by atoms with E-state index in [1.165, 1.54) is 18.2 Å². The van der Waals surface area contributed by atoms with Gasteiger partial charge in [-0.1, -0.05) is 18.2 Å². The molecule has 0 spiro atoms. The van der Waals surface area contributed by atoms with Gasteiger partial charge in [0.05, 0.1) is 12.3 Å². The molecule has 86 valence electrons. The van der Waals surface area contributed by atoms with E-state index in [9.17, 15) is 14.0 Å². The van der Waals surface area contributed by atoms with Gasteiger partial charge in [0.25, 0.3) is 0 Å². The Morgan fingerprint density at radius 1 is 1.25 bits per heavy atom. The van der Waals surface area contributed by atoms with Crippen LogP contribution in [0.15, 0.2) is 24.3 Å². The zero-order chi connectivity index (χ0) is 12.1. The number of hydrogen-bond donors (Lipinski definition) is 2. The highest BCUT2D eigenvalue weighted by Gasteiger charge is 2.22. The maximum Gasteiger partial charge on any atom is 0.307 e. The first kappa shape index (κ1) is 12.2. The lowest BCUT2D eigenvalue weighted by Crippen LogP contribution is -2.20. The number of carboxylic acids is 2. The molecule has 2 N–H and O–H groups in total. The fraction of sp³-hybridized carbons (Fsp3) is 0.273. The lowest BCUT2D eigenvalue weighted by atomic mass is 9.96. The molecule has 0 aliphatic carbocycles. The highest BCUT2D eigenvalue weighted by Crippen LogP contribution is 2.15. The Balaban J connectivity index is 2.80. The van der Waals surface area contributed by atoms with E-state index < -0.39 is 30.1 Å². The summed E-state index contributed by atoms with van der Waals surface area (Å²) >= 11 is 0. The molecule has 5 heteroatoms. The molecule has 1 atom stereocenters. The number of halogens is 1. The molecule has 0 saturated carbocycles. The molecule has 0 aliphatic rings. The minimum atomic E-state index is -1.23. The van der Waals surface area contributed by atoms with Crippen molar-refractivity contribution in [3.05, 3.63) is 35.6 Å². The van der Waals surface area contributed by atoms with Gasteiger partial charge in [0.15, 0.2) is 0 Å². The van der Waals surface area contributed by atoms with E-state index in [-0.39, 0.29) is 12.0 Å².